The van der Waals surface area contributed by atoms with Crippen molar-refractivity contribution in [3.63, 3.8) is 0 Å². The van der Waals surface area contributed by atoms with Crippen LogP contribution in [0.25, 0.3) is 0 Å². The number of thiazole rings is 1. The first-order chi connectivity index (χ1) is 14.0. The van der Waals surface area contributed by atoms with Crippen LogP contribution in [0.2, 0.25) is 0 Å². The van der Waals surface area contributed by atoms with E-state index in [1.54, 1.807) is 31.1 Å². The molecule has 30 heavy (non-hydrogen) atoms. The first-order valence-corrected chi connectivity index (χ1v) is 11.0. The molecule has 1 aliphatic rings. The van der Waals surface area contributed by atoms with Crippen LogP contribution < -0.4 is 11.1 Å². The van der Waals surface area contributed by atoms with Crippen molar-refractivity contribution in [3.8, 4) is 0 Å². The predicted molar refractivity (Wildman–Crippen MR) is 113 cm³/mol. The van der Waals surface area contributed by atoms with E-state index >= 15 is 0 Å². The Bertz CT molecular complexity index is 783. The van der Waals surface area contributed by atoms with Crippen molar-refractivity contribution in [2.24, 2.45) is 5.73 Å². The number of carbonyl (C=O) groups excluding carboxylic acids is 3. The van der Waals surface area contributed by atoms with Crippen molar-refractivity contribution < 1.29 is 28.6 Å². The number of rotatable bonds is 7. The van der Waals surface area contributed by atoms with Gasteiger partial charge in [-0.3, -0.25) is 19.8 Å². The minimum Gasteiger partial charge on any atom is -0.466 e. The Balaban J connectivity index is 2.37. The zero-order chi connectivity index (χ0) is 22.5. The molecule has 0 bridgehead atoms. The maximum atomic E-state index is 12.9. The number of nitrogens with zero attached hydrogens (tertiary/aromatic N) is 2. The Hall–Kier alpha value is -1.76. The van der Waals surface area contributed by atoms with E-state index in [0.29, 0.717) is 29.1 Å². The molecule has 12 heteroatoms. The van der Waals surface area contributed by atoms with Crippen LogP contribution in [-0.2, 0) is 29.3 Å². The molecule has 0 radical (unpaired) electrons. The highest BCUT2D eigenvalue weighted by atomic mass is 79.9. The highest BCUT2D eigenvalue weighted by molar-refractivity contribution is 9.10. The van der Waals surface area contributed by atoms with E-state index in [-0.39, 0.29) is 19.2 Å². The second-order valence-corrected chi connectivity index (χ2v) is 9.35. The third-order valence-corrected chi connectivity index (χ3v) is 5.90. The molecule has 0 spiro atoms. The predicted octanol–water partition coefficient (Wildman–Crippen LogP) is 1.72. The number of aromatic nitrogens is 1. The molecule has 168 valence electrons. The van der Waals surface area contributed by atoms with Crippen molar-refractivity contribution in [2.45, 2.75) is 51.5 Å². The van der Waals surface area contributed by atoms with Crippen LogP contribution in [0, 0.1) is 0 Å². The number of amides is 2. The molecule has 2 atom stereocenters. The van der Waals surface area contributed by atoms with Gasteiger partial charge in [-0.05, 0) is 43.1 Å². The second-order valence-electron chi connectivity index (χ2n) is 7.68. The Morgan fingerprint density at radius 2 is 2.17 bits per heavy atom. The minimum atomic E-state index is -1.55. The molecule has 0 aromatic carbocycles. The monoisotopic (exact) mass is 506 g/mol. The van der Waals surface area contributed by atoms with Gasteiger partial charge in [0.2, 0.25) is 5.91 Å². The van der Waals surface area contributed by atoms with E-state index in [4.69, 9.17) is 19.9 Å². The summed E-state index contributed by atoms with van der Waals surface area (Å²) in [5, 5.41) is 4.72. The van der Waals surface area contributed by atoms with E-state index < -0.39 is 29.4 Å². The Kier molecular flexibility index (Phi) is 8.20. The highest BCUT2D eigenvalue weighted by Crippen LogP contribution is 2.38. The number of hydrogen-bond donors (Lipinski definition) is 2. The number of carbonyl (C=O) groups is 3. The second kappa shape index (κ2) is 10.0. The van der Waals surface area contributed by atoms with Gasteiger partial charge in [-0.1, -0.05) is 0 Å². The van der Waals surface area contributed by atoms with Crippen molar-refractivity contribution >= 4 is 45.2 Å². The Morgan fingerprint density at radius 1 is 1.47 bits per heavy atom. The lowest BCUT2D eigenvalue weighted by Gasteiger charge is -2.48. The van der Waals surface area contributed by atoms with Crippen LogP contribution in [0.1, 0.15) is 39.1 Å². The third kappa shape index (κ3) is 5.90. The SMILES string of the molecule is CC(=O)OCCCN1CCOC(NC(=O)OC(C)(C)C)[C@@]1(C(N)=O)c1nc(Br)cs1. The summed E-state index contributed by atoms with van der Waals surface area (Å²) in [5.74, 6) is -1.11. The van der Waals surface area contributed by atoms with Gasteiger partial charge < -0.3 is 19.9 Å². The van der Waals surface area contributed by atoms with Crippen LogP contribution in [0.15, 0.2) is 9.98 Å². The lowest BCUT2D eigenvalue weighted by molar-refractivity contribution is -0.168. The van der Waals surface area contributed by atoms with Crippen LogP contribution in [-0.4, -0.2) is 66.0 Å². The van der Waals surface area contributed by atoms with Gasteiger partial charge in [0, 0.05) is 25.4 Å². The molecule has 1 fully saturated rings. The van der Waals surface area contributed by atoms with Crippen molar-refractivity contribution in [2.75, 3.05) is 26.3 Å². The maximum absolute atomic E-state index is 12.9. The largest absolute Gasteiger partial charge is 0.466 e. The molecule has 1 aromatic rings. The molecule has 1 unspecified atom stereocenters. The summed E-state index contributed by atoms with van der Waals surface area (Å²) in [6.45, 7) is 7.69. The van der Waals surface area contributed by atoms with Gasteiger partial charge in [0.25, 0.3) is 0 Å². The number of esters is 1. The topological polar surface area (TPSA) is 133 Å². The summed E-state index contributed by atoms with van der Waals surface area (Å²) >= 11 is 4.52. The van der Waals surface area contributed by atoms with Crippen molar-refractivity contribution in [1.29, 1.82) is 0 Å². The van der Waals surface area contributed by atoms with Crippen molar-refractivity contribution in [1.82, 2.24) is 15.2 Å². The zero-order valence-corrected chi connectivity index (χ0v) is 19.8. The molecular formula is C18H27BrN4O6S. The molecule has 0 aliphatic carbocycles. The van der Waals surface area contributed by atoms with E-state index in [1.165, 1.54) is 18.3 Å². The highest BCUT2D eigenvalue weighted by Gasteiger charge is 2.56. The summed E-state index contributed by atoms with van der Waals surface area (Å²) < 4.78 is 16.6. The average Bonchev–Trinajstić information content (AvgIpc) is 3.03. The van der Waals surface area contributed by atoms with E-state index in [1.807, 2.05) is 0 Å². The summed E-state index contributed by atoms with van der Waals surface area (Å²) in [6.07, 6.45) is -1.40. The van der Waals surface area contributed by atoms with Crippen LogP contribution in [0.3, 0.4) is 0 Å². The lowest BCUT2D eigenvalue weighted by Crippen LogP contribution is -2.70. The first-order valence-electron chi connectivity index (χ1n) is 9.37. The summed E-state index contributed by atoms with van der Waals surface area (Å²) in [5.41, 5.74) is 3.61. The molecule has 10 nitrogen and oxygen atoms in total. The van der Waals surface area contributed by atoms with Gasteiger partial charge in [-0.15, -0.1) is 11.3 Å². The number of hydrogen-bond acceptors (Lipinski definition) is 9. The summed E-state index contributed by atoms with van der Waals surface area (Å²) in [4.78, 5) is 42.6. The number of nitrogens with two attached hydrogens (primary N) is 1. The fourth-order valence-corrected chi connectivity index (χ4v) is 4.63. The Morgan fingerprint density at radius 3 is 2.70 bits per heavy atom. The number of primary amides is 1. The van der Waals surface area contributed by atoms with E-state index in [9.17, 15) is 14.4 Å². The van der Waals surface area contributed by atoms with Crippen LogP contribution in [0.5, 0.6) is 0 Å². The van der Waals surface area contributed by atoms with Crippen LogP contribution >= 0.6 is 27.3 Å². The molecule has 2 heterocycles. The quantitative estimate of drug-likeness (QED) is 0.421. The number of nitrogens with one attached hydrogen (secondary N) is 1. The number of alkyl carbamates (subject to hydrolysis) is 1. The molecule has 3 N–H and O–H groups in total. The third-order valence-electron chi connectivity index (χ3n) is 4.23. The summed E-state index contributed by atoms with van der Waals surface area (Å²) in [7, 11) is 0. The van der Waals surface area contributed by atoms with Crippen molar-refractivity contribution in [3.05, 3.63) is 15.0 Å². The van der Waals surface area contributed by atoms with Gasteiger partial charge in [-0.2, -0.15) is 0 Å². The zero-order valence-electron chi connectivity index (χ0n) is 17.4. The summed E-state index contributed by atoms with van der Waals surface area (Å²) in [6, 6.07) is 0. The number of ether oxygens (including phenoxy) is 3. The average molecular weight is 507 g/mol. The normalized spacial score (nSPS) is 22.4. The van der Waals surface area contributed by atoms with E-state index in [0.717, 1.165) is 0 Å². The van der Waals surface area contributed by atoms with Gasteiger partial charge in [0.1, 0.15) is 15.2 Å². The molecule has 1 aromatic heterocycles. The number of halogens is 1. The maximum Gasteiger partial charge on any atom is 0.409 e. The molecule has 2 amide bonds. The smallest absolute Gasteiger partial charge is 0.409 e. The number of morpholine rings is 1. The molecular weight excluding hydrogens is 480 g/mol. The molecule has 1 saturated heterocycles. The molecule has 1 aliphatic heterocycles. The van der Waals surface area contributed by atoms with Crippen LogP contribution in [0.4, 0.5) is 4.79 Å². The standard InChI is InChI=1S/C18H27BrN4O6S/c1-11(24)27-8-5-6-23-7-9-28-14(22-16(26)29-17(2,3)4)18(23,13(20)25)15-21-12(19)10-30-15/h10,14H,5-9H2,1-4H3,(H2,20,25)(H,22,26)/t14?,18-/m0/s1. The van der Waals surface area contributed by atoms with Gasteiger partial charge in [-0.25, -0.2) is 9.78 Å². The van der Waals surface area contributed by atoms with Gasteiger partial charge in [0.05, 0.1) is 13.2 Å². The van der Waals surface area contributed by atoms with Gasteiger partial charge >= 0.3 is 12.1 Å². The minimum absolute atomic E-state index is 0.188. The van der Waals surface area contributed by atoms with Gasteiger partial charge in [0.15, 0.2) is 11.8 Å². The fraction of sp³-hybridized carbons (Fsp3) is 0.667. The Labute approximate surface area is 187 Å². The molecule has 0 saturated carbocycles. The first kappa shape index (κ1) is 24.5. The van der Waals surface area contributed by atoms with E-state index in [2.05, 4.69) is 26.2 Å². The fourth-order valence-electron chi connectivity index (χ4n) is 3.13. The molecule has 2 rings (SSSR count). The lowest BCUT2D eigenvalue weighted by atomic mass is 9.92.